The quantitative estimate of drug-likeness (QED) is 0.467. The first-order valence-corrected chi connectivity index (χ1v) is 8.02. The molecule has 0 spiro atoms. The van der Waals surface area contributed by atoms with Gasteiger partial charge >= 0.3 is 10.1 Å². The lowest BCUT2D eigenvalue weighted by molar-refractivity contribution is -0.385. The van der Waals surface area contributed by atoms with Gasteiger partial charge in [-0.05, 0) is 24.6 Å². The molecule has 0 aliphatic carbocycles. The zero-order chi connectivity index (χ0) is 16.5. The molecule has 0 radical (unpaired) electrons. The second-order valence-electron chi connectivity index (χ2n) is 4.32. The van der Waals surface area contributed by atoms with E-state index in [9.17, 15) is 18.5 Å². The third-order valence-electron chi connectivity index (χ3n) is 2.74. The van der Waals surface area contributed by atoms with E-state index in [1.807, 2.05) is 0 Å². The fourth-order valence-corrected chi connectivity index (χ4v) is 3.23. The Bertz CT molecular complexity index is 852. The van der Waals surface area contributed by atoms with Gasteiger partial charge in [0, 0.05) is 23.2 Å². The van der Waals surface area contributed by atoms with E-state index in [-0.39, 0.29) is 26.4 Å². The summed E-state index contributed by atoms with van der Waals surface area (Å²) in [6.07, 6.45) is 0. The number of non-ortho nitro benzene ring substituents is 1. The van der Waals surface area contributed by atoms with Crippen molar-refractivity contribution in [3.63, 3.8) is 0 Å². The molecule has 0 aromatic heterocycles. The van der Waals surface area contributed by atoms with E-state index in [0.717, 1.165) is 6.07 Å². The number of nitro groups is 1. The lowest BCUT2D eigenvalue weighted by atomic mass is 10.2. The Hall–Kier alpha value is -1.83. The van der Waals surface area contributed by atoms with E-state index in [0.29, 0.717) is 5.56 Å². The Morgan fingerprint density at radius 3 is 2.45 bits per heavy atom. The Kier molecular flexibility index (Phi) is 4.60. The van der Waals surface area contributed by atoms with E-state index >= 15 is 0 Å². The maximum Gasteiger partial charge on any atom is 0.339 e. The van der Waals surface area contributed by atoms with Crippen molar-refractivity contribution < 1.29 is 17.5 Å². The standard InChI is InChI=1S/C13H9Cl2NO5S/c1-8-2-4-10(16(17)18)7-13(8)22(19,20)21-12-6-9(14)3-5-11(12)15/h2-7H,1H3. The molecule has 0 bridgehead atoms. The summed E-state index contributed by atoms with van der Waals surface area (Å²) in [7, 11) is -4.29. The highest BCUT2D eigenvalue weighted by atomic mass is 35.5. The molecule has 0 aliphatic heterocycles. The molecule has 2 aromatic carbocycles. The summed E-state index contributed by atoms with van der Waals surface area (Å²) in [4.78, 5) is 9.78. The third-order valence-corrected chi connectivity index (χ3v) is 4.67. The predicted molar refractivity (Wildman–Crippen MR) is 82.1 cm³/mol. The normalized spacial score (nSPS) is 11.2. The van der Waals surface area contributed by atoms with Crippen LogP contribution in [0.5, 0.6) is 5.75 Å². The van der Waals surface area contributed by atoms with Crippen LogP contribution in [0, 0.1) is 17.0 Å². The average Bonchev–Trinajstić information content (AvgIpc) is 2.42. The Morgan fingerprint density at radius 2 is 1.82 bits per heavy atom. The predicted octanol–water partition coefficient (Wildman–Crippen LogP) is 3.98. The largest absolute Gasteiger partial charge is 0.377 e. The summed E-state index contributed by atoms with van der Waals surface area (Å²) in [5.41, 5.74) is -0.0475. The zero-order valence-electron chi connectivity index (χ0n) is 11.1. The highest BCUT2D eigenvalue weighted by Crippen LogP contribution is 2.31. The highest BCUT2D eigenvalue weighted by Gasteiger charge is 2.23. The smallest absolute Gasteiger partial charge is 0.339 e. The summed E-state index contributed by atoms with van der Waals surface area (Å²) >= 11 is 11.6. The molecule has 0 atom stereocenters. The molecule has 116 valence electrons. The molecule has 0 saturated carbocycles. The number of halogens is 2. The molecule has 0 saturated heterocycles. The Morgan fingerprint density at radius 1 is 1.14 bits per heavy atom. The van der Waals surface area contributed by atoms with Gasteiger partial charge in [-0.15, -0.1) is 0 Å². The molecule has 22 heavy (non-hydrogen) atoms. The van der Waals surface area contributed by atoms with Crippen LogP contribution < -0.4 is 4.18 Å². The fourth-order valence-electron chi connectivity index (χ4n) is 1.68. The van der Waals surface area contributed by atoms with E-state index in [4.69, 9.17) is 27.4 Å². The van der Waals surface area contributed by atoms with Crippen molar-refractivity contribution in [3.8, 4) is 5.75 Å². The summed E-state index contributed by atoms with van der Waals surface area (Å²) in [6.45, 7) is 1.50. The van der Waals surface area contributed by atoms with Crippen LogP contribution in [0.2, 0.25) is 10.0 Å². The van der Waals surface area contributed by atoms with Gasteiger partial charge < -0.3 is 4.18 Å². The number of hydrogen-bond acceptors (Lipinski definition) is 5. The highest BCUT2D eigenvalue weighted by molar-refractivity contribution is 7.87. The lowest BCUT2D eigenvalue weighted by Gasteiger charge is -2.10. The fraction of sp³-hybridized carbons (Fsp3) is 0.0769. The van der Waals surface area contributed by atoms with Crippen LogP contribution in [-0.4, -0.2) is 13.3 Å². The molecule has 0 fully saturated rings. The summed E-state index contributed by atoms with van der Waals surface area (Å²) < 4.78 is 29.6. The molecule has 0 N–H and O–H groups in total. The third kappa shape index (κ3) is 3.49. The molecule has 6 nitrogen and oxygen atoms in total. The van der Waals surface area contributed by atoms with Gasteiger partial charge in [0.2, 0.25) is 0 Å². The first-order valence-electron chi connectivity index (χ1n) is 5.85. The first-order chi connectivity index (χ1) is 10.2. The number of nitrogens with zero attached hydrogens (tertiary/aromatic N) is 1. The van der Waals surface area contributed by atoms with Gasteiger partial charge in [0.1, 0.15) is 4.90 Å². The minimum absolute atomic E-state index is 0.0519. The van der Waals surface area contributed by atoms with Crippen LogP contribution in [0.15, 0.2) is 41.3 Å². The maximum atomic E-state index is 12.3. The molecular weight excluding hydrogens is 353 g/mol. The monoisotopic (exact) mass is 361 g/mol. The molecular formula is C13H9Cl2NO5S. The molecule has 0 heterocycles. The van der Waals surface area contributed by atoms with Gasteiger partial charge in [-0.3, -0.25) is 10.1 Å². The summed E-state index contributed by atoms with van der Waals surface area (Å²) in [5, 5.41) is 11.1. The SMILES string of the molecule is Cc1ccc([N+](=O)[O-])cc1S(=O)(=O)Oc1cc(Cl)ccc1Cl. The van der Waals surface area contributed by atoms with E-state index in [1.165, 1.54) is 37.3 Å². The van der Waals surface area contributed by atoms with Gasteiger partial charge in [0.25, 0.3) is 5.69 Å². The van der Waals surface area contributed by atoms with E-state index < -0.39 is 15.0 Å². The van der Waals surface area contributed by atoms with Crippen molar-refractivity contribution in [2.24, 2.45) is 0 Å². The molecule has 9 heteroatoms. The van der Waals surface area contributed by atoms with Gasteiger partial charge in [0.05, 0.1) is 9.95 Å². The zero-order valence-corrected chi connectivity index (χ0v) is 13.4. The number of hydrogen-bond donors (Lipinski definition) is 0. The van der Waals surface area contributed by atoms with Crippen LogP contribution in [-0.2, 0) is 10.1 Å². The number of nitro benzene ring substituents is 1. The van der Waals surface area contributed by atoms with Crippen molar-refractivity contribution in [1.29, 1.82) is 0 Å². The number of aryl methyl sites for hydroxylation is 1. The molecule has 0 amide bonds. The molecule has 0 aliphatic rings. The average molecular weight is 362 g/mol. The van der Waals surface area contributed by atoms with Crippen LogP contribution in [0.25, 0.3) is 0 Å². The lowest BCUT2D eigenvalue weighted by Crippen LogP contribution is -2.12. The molecule has 2 rings (SSSR count). The first kappa shape index (κ1) is 16.5. The van der Waals surface area contributed by atoms with E-state index in [2.05, 4.69) is 0 Å². The van der Waals surface area contributed by atoms with Gasteiger partial charge in [-0.1, -0.05) is 29.3 Å². The van der Waals surface area contributed by atoms with Crippen LogP contribution in [0.1, 0.15) is 5.56 Å². The topological polar surface area (TPSA) is 86.5 Å². The Labute approximate surface area is 136 Å². The molecule has 0 unspecified atom stereocenters. The number of benzene rings is 2. The Balaban J connectivity index is 2.49. The van der Waals surface area contributed by atoms with Gasteiger partial charge in [0.15, 0.2) is 5.75 Å². The maximum absolute atomic E-state index is 12.3. The second kappa shape index (κ2) is 6.12. The summed E-state index contributed by atoms with van der Waals surface area (Å²) in [6, 6.07) is 7.57. The minimum Gasteiger partial charge on any atom is -0.377 e. The van der Waals surface area contributed by atoms with Gasteiger partial charge in [-0.25, -0.2) is 0 Å². The molecule has 2 aromatic rings. The summed E-state index contributed by atoms with van der Waals surface area (Å²) in [5.74, 6) is -0.153. The minimum atomic E-state index is -4.29. The van der Waals surface area contributed by atoms with Crippen molar-refractivity contribution >= 4 is 39.0 Å². The number of rotatable bonds is 4. The van der Waals surface area contributed by atoms with Crippen molar-refractivity contribution in [3.05, 3.63) is 62.1 Å². The van der Waals surface area contributed by atoms with Crippen LogP contribution in [0.3, 0.4) is 0 Å². The van der Waals surface area contributed by atoms with Crippen molar-refractivity contribution in [2.75, 3.05) is 0 Å². The van der Waals surface area contributed by atoms with Crippen LogP contribution in [0.4, 0.5) is 5.69 Å². The van der Waals surface area contributed by atoms with Crippen molar-refractivity contribution in [1.82, 2.24) is 0 Å². The van der Waals surface area contributed by atoms with Crippen molar-refractivity contribution in [2.45, 2.75) is 11.8 Å². The van der Waals surface area contributed by atoms with Crippen LogP contribution >= 0.6 is 23.2 Å². The second-order valence-corrected chi connectivity index (χ2v) is 6.68. The van der Waals surface area contributed by atoms with E-state index in [1.54, 1.807) is 0 Å². The van der Waals surface area contributed by atoms with Gasteiger partial charge in [-0.2, -0.15) is 8.42 Å².